The third-order valence-corrected chi connectivity index (χ3v) is 3.58. The van der Waals surface area contributed by atoms with E-state index in [1.807, 2.05) is 31.1 Å². The molecular weight excluding hydrogens is 240 g/mol. The van der Waals surface area contributed by atoms with Crippen LogP contribution >= 0.6 is 0 Å². The number of carbonyl (C=O) groups is 1. The molecule has 1 aliphatic rings. The Labute approximate surface area is 113 Å². The Morgan fingerprint density at radius 1 is 1.53 bits per heavy atom. The average molecular weight is 260 g/mol. The van der Waals surface area contributed by atoms with Gasteiger partial charge in [0.1, 0.15) is 11.8 Å². The van der Waals surface area contributed by atoms with Gasteiger partial charge in [0, 0.05) is 32.9 Å². The summed E-state index contributed by atoms with van der Waals surface area (Å²) in [4.78, 5) is 14.0. The number of nitrogens with one attached hydrogen (secondary N) is 1. The average Bonchev–Trinajstić information content (AvgIpc) is 3.04. The van der Waals surface area contributed by atoms with E-state index in [1.165, 1.54) is 0 Å². The number of aryl methyl sites for hydroxylation is 1. The van der Waals surface area contributed by atoms with E-state index in [0.29, 0.717) is 12.2 Å². The molecular formula is C14H20N4O. The van der Waals surface area contributed by atoms with Crippen molar-refractivity contribution in [3.8, 4) is 6.07 Å². The Morgan fingerprint density at radius 3 is 2.79 bits per heavy atom. The van der Waals surface area contributed by atoms with Crippen molar-refractivity contribution in [2.24, 2.45) is 7.05 Å². The van der Waals surface area contributed by atoms with Crippen LogP contribution in [-0.4, -0.2) is 34.5 Å². The molecule has 2 rings (SSSR count). The zero-order valence-electron chi connectivity index (χ0n) is 11.5. The molecule has 1 aromatic heterocycles. The van der Waals surface area contributed by atoms with Crippen molar-refractivity contribution in [2.45, 2.75) is 32.4 Å². The van der Waals surface area contributed by atoms with Gasteiger partial charge in [0.2, 0.25) is 5.91 Å². The highest BCUT2D eigenvalue weighted by Gasteiger charge is 2.22. The molecule has 102 valence electrons. The second-order valence-electron chi connectivity index (χ2n) is 5.09. The first kappa shape index (κ1) is 13.6. The van der Waals surface area contributed by atoms with Crippen LogP contribution in [0.25, 0.3) is 0 Å². The van der Waals surface area contributed by atoms with Gasteiger partial charge in [-0.15, -0.1) is 0 Å². The molecule has 1 aromatic rings. The molecule has 0 radical (unpaired) electrons. The van der Waals surface area contributed by atoms with Gasteiger partial charge in [-0.3, -0.25) is 4.79 Å². The van der Waals surface area contributed by atoms with Crippen LogP contribution in [0.3, 0.4) is 0 Å². The maximum Gasteiger partial charge on any atom is 0.239 e. The molecule has 0 saturated carbocycles. The normalized spacial score (nSPS) is 16.4. The van der Waals surface area contributed by atoms with Crippen LogP contribution in [-0.2, 0) is 18.4 Å². The molecule has 1 atom stereocenters. The summed E-state index contributed by atoms with van der Waals surface area (Å²) in [6.45, 7) is 4.27. The van der Waals surface area contributed by atoms with Crippen molar-refractivity contribution in [1.82, 2.24) is 14.8 Å². The molecule has 0 aromatic carbocycles. The first-order valence-electron chi connectivity index (χ1n) is 6.69. The lowest BCUT2D eigenvalue weighted by atomic mass is 10.2. The minimum absolute atomic E-state index is 0.175. The Hall–Kier alpha value is -1.80. The first-order valence-corrected chi connectivity index (χ1v) is 6.69. The predicted molar refractivity (Wildman–Crippen MR) is 72.2 cm³/mol. The molecule has 5 nitrogen and oxygen atoms in total. The van der Waals surface area contributed by atoms with Gasteiger partial charge < -0.3 is 14.8 Å². The molecule has 0 spiro atoms. The summed E-state index contributed by atoms with van der Waals surface area (Å²) >= 11 is 0. The molecule has 19 heavy (non-hydrogen) atoms. The molecule has 1 N–H and O–H groups in total. The van der Waals surface area contributed by atoms with Crippen LogP contribution in [0.15, 0.2) is 12.3 Å². The van der Waals surface area contributed by atoms with E-state index in [-0.39, 0.29) is 11.9 Å². The third kappa shape index (κ3) is 3.15. The number of hydrogen-bond donors (Lipinski definition) is 1. The lowest BCUT2D eigenvalue weighted by Gasteiger charge is -2.20. The quantitative estimate of drug-likeness (QED) is 0.878. The Balaban J connectivity index is 1.87. The number of nitriles is 1. The third-order valence-electron chi connectivity index (χ3n) is 3.58. The molecule has 5 heteroatoms. The van der Waals surface area contributed by atoms with Gasteiger partial charge in [-0.2, -0.15) is 5.26 Å². The van der Waals surface area contributed by atoms with Crippen LogP contribution in [0.2, 0.25) is 0 Å². The fourth-order valence-corrected chi connectivity index (χ4v) is 2.41. The lowest BCUT2D eigenvalue weighted by Crippen LogP contribution is -2.43. The fraction of sp³-hybridized carbons (Fsp3) is 0.571. The van der Waals surface area contributed by atoms with E-state index < -0.39 is 0 Å². The first-order chi connectivity index (χ1) is 9.11. The van der Waals surface area contributed by atoms with Crippen LogP contribution in [0.4, 0.5) is 0 Å². The van der Waals surface area contributed by atoms with Crippen molar-refractivity contribution in [1.29, 1.82) is 5.26 Å². The molecule has 0 bridgehead atoms. The fourth-order valence-electron chi connectivity index (χ4n) is 2.41. The van der Waals surface area contributed by atoms with E-state index >= 15 is 0 Å². The second kappa shape index (κ2) is 5.89. The summed E-state index contributed by atoms with van der Waals surface area (Å²) in [6, 6.07) is 3.80. The highest BCUT2D eigenvalue weighted by molar-refractivity contribution is 5.81. The van der Waals surface area contributed by atoms with E-state index in [9.17, 15) is 4.79 Å². The van der Waals surface area contributed by atoms with Gasteiger partial charge in [0.05, 0.1) is 6.04 Å². The lowest BCUT2D eigenvalue weighted by molar-refractivity contribution is -0.131. The zero-order chi connectivity index (χ0) is 13.8. The highest BCUT2D eigenvalue weighted by Crippen LogP contribution is 2.10. The van der Waals surface area contributed by atoms with Crippen molar-refractivity contribution in [3.05, 3.63) is 23.5 Å². The van der Waals surface area contributed by atoms with Gasteiger partial charge in [0.25, 0.3) is 0 Å². The van der Waals surface area contributed by atoms with Crippen molar-refractivity contribution in [3.63, 3.8) is 0 Å². The number of nitrogens with zero attached hydrogens (tertiary/aromatic N) is 3. The van der Waals surface area contributed by atoms with E-state index in [4.69, 9.17) is 5.26 Å². The number of likely N-dealkylation sites (tertiary alicyclic amines) is 1. The number of carbonyl (C=O) groups excluding carboxylic acids is 1. The molecule has 1 aliphatic heterocycles. The van der Waals surface area contributed by atoms with Crippen molar-refractivity contribution >= 4 is 5.91 Å². The predicted octanol–water partition coefficient (Wildman–Crippen LogP) is 0.997. The Kier molecular flexibility index (Phi) is 4.23. The summed E-state index contributed by atoms with van der Waals surface area (Å²) in [7, 11) is 1.85. The monoisotopic (exact) mass is 260 g/mol. The topological polar surface area (TPSA) is 61.1 Å². The van der Waals surface area contributed by atoms with Crippen LogP contribution in [0.5, 0.6) is 0 Å². The zero-order valence-corrected chi connectivity index (χ0v) is 11.5. The number of hydrogen-bond acceptors (Lipinski definition) is 3. The number of amides is 1. The highest BCUT2D eigenvalue weighted by atomic mass is 16.2. The molecule has 1 saturated heterocycles. The molecule has 2 heterocycles. The summed E-state index contributed by atoms with van der Waals surface area (Å²) in [5, 5.41) is 12.1. The maximum atomic E-state index is 12.1. The summed E-state index contributed by atoms with van der Waals surface area (Å²) in [5.41, 5.74) is 1.66. The minimum atomic E-state index is -0.177. The van der Waals surface area contributed by atoms with Crippen molar-refractivity contribution < 1.29 is 4.79 Å². The standard InChI is InChI=1S/C14H20N4O/c1-11(14(19)18-5-3-4-6-18)16-9-12-7-13(8-15)17(2)10-12/h7,10-11,16H,3-6,9H2,1-2H3. The van der Waals surface area contributed by atoms with Gasteiger partial charge in [-0.25, -0.2) is 0 Å². The number of rotatable bonds is 4. The Bertz CT molecular complexity index is 494. The minimum Gasteiger partial charge on any atom is -0.342 e. The maximum absolute atomic E-state index is 12.1. The van der Waals surface area contributed by atoms with E-state index in [0.717, 1.165) is 31.5 Å². The summed E-state index contributed by atoms with van der Waals surface area (Å²) < 4.78 is 1.80. The van der Waals surface area contributed by atoms with Gasteiger partial charge in [-0.1, -0.05) is 0 Å². The van der Waals surface area contributed by atoms with E-state index in [1.54, 1.807) is 4.57 Å². The second-order valence-corrected chi connectivity index (χ2v) is 5.09. The molecule has 0 aliphatic carbocycles. The molecule has 1 fully saturated rings. The molecule has 1 amide bonds. The van der Waals surface area contributed by atoms with Gasteiger partial charge >= 0.3 is 0 Å². The summed E-state index contributed by atoms with van der Waals surface area (Å²) in [5.74, 6) is 0.175. The largest absolute Gasteiger partial charge is 0.342 e. The van der Waals surface area contributed by atoms with Crippen LogP contribution in [0.1, 0.15) is 31.0 Å². The smallest absolute Gasteiger partial charge is 0.239 e. The SMILES string of the molecule is CC(NCc1cc(C#N)n(C)c1)C(=O)N1CCCC1. The van der Waals surface area contributed by atoms with Crippen LogP contribution < -0.4 is 5.32 Å². The van der Waals surface area contributed by atoms with Gasteiger partial charge in [-0.05, 0) is 31.4 Å². The van der Waals surface area contributed by atoms with Crippen molar-refractivity contribution in [2.75, 3.05) is 13.1 Å². The number of aromatic nitrogens is 1. The van der Waals surface area contributed by atoms with Gasteiger partial charge in [0.15, 0.2) is 0 Å². The Morgan fingerprint density at radius 2 is 2.21 bits per heavy atom. The van der Waals surface area contributed by atoms with E-state index in [2.05, 4.69) is 11.4 Å². The summed E-state index contributed by atoms with van der Waals surface area (Å²) in [6.07, 6.45) is 4.14. The van der Waals surface area contributed by atoms with Crippen LogP contribution in [0, 0.1) is 11.3 Å². The molecule has 1 unspecified atom stereocenters.